The van der Waals surface area contributed by atoms with Crippen molar-refractivity contribution in [2.24, 2.45) is 5.16 Å². The molecule has 1 aliphatic heterocycles. The van der Waals surface area contributed by atoms with Crippen molar-refractivity contribution in [3.05, 3.63) is 107 Å². The van der Waals surface area contributed by atoms with E-state index in [1.807, 2.05) is 42.5 Å². The standard InChI is InChI=1S/C23H18FNO3/c24-19-12-10-16(11-13-19)15-27-21-9-5-4-8-18(21)14-20-22(25-28-23(20)26)17-6-2-1-3-7-17/h1-3,5-7,9-14H,4,8,15H2/b20-14-. The maximum Gasteiger partial charge on any atom is 0.368 e. The Labute approximate surface area is 162 Å². The van der Waals surface area contributed by atoms with E-state index >= 15 is 0 Å². The Morgan fingerprint density at radius 3 is 2.68 bits per heavy atom. The molecular weight excluding hydrogens is 357 g/mol. The summed E-state index contributed by atoms with van der Waals surface area (Å²) in [6.45, 7) is 0.316. The van der Waals surface area contributed by atoms with Crippen LogP contribution in [-0.2, 0) is 21.0 Å². The number of halogens is 1. The van der Waals surface area contributed by atoms with Gasteiger partial charge in [0.1, 0.15) is 23.9 Å². The highest BCUT2D eigenvalue weighted by Gasteiger charge is 2.27. The topological polar surface area (TPSA) is 47.9 Å². The van der Waals surface area contributed by atoms with Gasteiger partial charge >= 0.3 is 5.97 Å². The van der Waals surface area contributed by atoms with Crippen LogP contribution >= 0.6 is 0 Å². The van der Waals surface area contributed by atoms with Gasteiger partial charge in [0.25, 0.3) is 0 Å². The minimum atomic E-state index is -0.473. The summed E-state index contributed by atoms with van der Waals surface area (Å²) in [6, 6.07) is 15.6. The van der Waals surface area contributed by atoms with Gasteiger partial charge in [0.2, 0.25) is 0 Å². The van der Waals surface area contributed by atoms with Gasteiger partial charge in [-0.25, -0.2) is 9.18 Å². The average molecular weight is 375 g/mol. The molecule has 140 valence electrons. The third-order valence-electron chi connectivity index (χ3n) is 4.53. The zero-order valence-corrected chi connectivity index (χ0v) is 15.1. The number of oxime groups is 1. The van der Waals surface area contributed by atoms with Gasteiger partial charge in [-0.15, -0.1) is 0 Å². The minimum Gasteiger partial charge on any atom is -0.489 e. The van der Waals surface area contributed by atoms with Gasteiger partial charge in [-0.2, -0.15) is 0 Å². The second-order valence-corrected chi connectivity index (χ2v) is 6.49. The van der Waals surface area contributed by atoms with Crippen molar-refractivity contribution < 1.29 is 18.8 Å². The minimum absolute atomic E-state index is 0.279. The maximum absolute atomic E-state index is 13.1. The third-order valence-corrected chi connectivity index (χ3v) is 4.53. The summed E-state index contributed by atoms with van der Waals surface area (Å²) in [7, 11) is 0. The summed E-state index contributed by atoms with van der Waals surface area (Å²) < 4.78 is 19.0. The van der Waals surface area contributed by atoms with Crippen LogP contribution < -0.4 is 0 Å². The molecule has 0 atom stereocenters. The van der Waals surface area contributed by atoms with Crippen LogP contribution in [0.5, 0.6) is 0 Å². The lowest BCUT2D eigenvalue weighted by Crippen LogP contribution is -2.09. The molecule has 0 saturated carbocycles. The number of carbonyl (C=O) groups excluding carboxylic acids is 1. The van der Waals surface area contributed by atoms with Gasteiger partial charge in [0.15, 0.2) is 0 Å². The molecule has 4 rings (SSSR count). The first-order chi connectivity index (χ1) is 13.7. The van der Waals surface area contributed by atoms with E-state index in [-0.39, 0.29) is 5.82 Å². The Kier molecular flexibility index (Phi) is 5.15. The molecule has 0 radical (unpaired) electrons. The molecule has 0 amide bonds. The quantitative estimate of drug-likeness (QED) is 0.555. The number of rotatable bonds is 5. The highest BCUT2D eigenvalue weighted by Crippen LogP contribution is 2.26. The predicted molar refractivity (Wildman–Crippen MR) is 104 cm³/mol. The third kappa shape index (κ3) is 3.93. The van der Waals surface area contributed by atoms with E-state index in [0.29, 0.717) is 23.7 Å². The normalized spacial score (nSPS) is 17.7. The second-order valence-electron chi connectivity index (χ2n) is 6.49. The Balaban J connectivity index is 1.61. The Morgan fingerprint density at radius 2 is 1.89 bits per heavy atom. The van der Waals surface area contributed by atoms with Crippen LogP contribution in [0.25, 0.3) is 0 Å². The van der Waals surface area contributed by atoms with Crippen molar-refractivity contribution in [3.8, 4) is 0 Å². The van der Waals surface area contributed by atoms with Crippen LogP contribution in [0.4, 0.5) is 4.39 Å². The molecule has 0 fully saturated rings. The van der Waals surface area contributed by atoms with Gasteiger partial charge < -0.3 is 9.57 Å². The van der Waals surface area contributed by atoms with Gasteiger partial charge in [0, 0.05) is 5.56 Å². The summed E-state index contributed by atoms with van der Waals surface area (Å²) >= 11 is 0. The fraction of sp³-hybridized carbons (Fsp3) is 0.130. The van der Waals surface area contributed by atoms with Crippen LogP contribution in [0.2, 0.25) is 0 Å². The van der Waals surface area contributed by atoms with E-state index in [1.54, 1.807) is 18.2 Å². The number of nitrogens with zero attached hydrogens (tertiary/aromatic N) is 1. The molecule has 2 aliphatic rings. The van der Waals surface area contributed by atoms with Crippen molar-refractivity contribution in [2.75, 3.05) is 0 Å². The van der Waals surface area contributed by atoms with Gasteiger partial charge in [-0.05, 0) is 48.3 Å². The van der Waals surface area contributed by atoms with Crippen LogP contribution in [0.15, 0.2) is 94.9 Å². The van der Waals surface area contributed by atoms with Crippen LogP contribution in [0.3, 0.4) is 0 Å². The van der Waals surface area contributed by atoms with Crippen molar-refractivity contribution in [2.45, 2.75) is 19.4 Å². The first-order valence-corrected chi connectivity index (χ1v) is 9.04. The lowest BCUT2D eigenvalue weighted by molar-refractivity contribution is -0.136. The SMILES string of the molecule is O=C1ON=C(c2ccccc2)/C1=C/C1=C(OCc2ccc(F)cc2)C=CCC1. The van der Waals surface area contributed by atoms with Crippen molar-refractivity contribution in [3.63, 3.8) is 0 Å². The highest BCUT2D eigenvalue weighted by molar-refractivity contribution is 6.29. The van der Waals surface area contributed by atoms with Crippen LogP contribution in [0, 0.1) is 5.82 Å². The number of hydrogen-bond acceptors (Lipinski definition) is 4. The molecule has 0 spiro atoms. The summed E-state index contributed by atoms with van der Waals surface area (Å²) in [5.74, 6) is -0.0626. The predicted octanol–water partition coefficient (Wildman–Crippen LogP) is 4.83. The molecule has 28 heavy (non-hydrogen) atoms. The molecule has 2 aromatic rings. The summed E-state index contributed by atoms with van der Waals surface area (Å²) in [5.41, 5.74) is 3.53. The number of carbonyl (C=O) groups is 1. The molecule has 1 heterocycles. The molecule has 0 unspecified atom stereocenters. The van der Waals surface area contributed by atoms with E-state index in [9.17, 15) is 9.18 Å². The van der Waals surface area contributed by atoms with Gasteiger partial charge in [-0.3, -0.25) is 0 Å². The molecule has 5 heteroatoms. The largest absolute Gasteiger partial charge is 0.489 e. The number of benzene rings is 2. The first-order valence-electron chi connectivity index (χ1n) is 9.04. The van der Waals surface area contributed by atoms with E-state index in [0.717, 1.165) is 29.5 Å². The van der Waals surface area contributed by atoms with Crippen LogP contribution in [-0.4, -0.2) is 11.7 Å². The number of hydrogen-bond donors (Lipinski definition) is 0. The molecular formula is C23H18FNO3. The van der Waals surface area contributed by atoms with E-state index in [1.165, 1.54) is 12.1 Å². The Morgan fingerprint density at radius 1 is 1.11 bits per heavy atom. The molecule has 4 nitrogen and oxygen atoms in total. The van der Waals surface area contributed by atoms with Crippen molar-refractivity contribution in [1.29, 1.82) is 0 Å². The monoisotopic (exact) mass is 375 g/mol. The van der Waals surface area contributed by atoms with Crippen molar-refractivity contribution in [1.82, 2.24) is 0 Å². The zero-order chi connectivity index (χ0) is 19.3. The van der Waals surface area contributed by atoms with E-state index in [4.69, 9.17) is 9.57 Å². The molecule has 0 saturated heterocycles. The van der Waals surface area contributed by atoms with Crippen molar-refractivity contribution >= 4 is 11.7 Å². The second kappa shape index (κ2) is 8.05. The molecule has 0 bridgehead atoms. The van der Waals surface area contributed by atoms with Crippen LogP contribution in [0.1, 0.15) is 24.0 Å². The fourth-order valence-corrected chi connectivity index (χ4v) is 3.07. The summed E-state index contributed by atoms with van der Waals surface area (Å²) in [5, 5.41) is 3.94. The zero-order valence-electron chi connectivity index (χ0n) is 15.1. The first kappa shape index (κ1) is 17.9. The van der Waals surface area contributed by atoms with E-state index in [2.05, 4.69) is 5.16 Å². The van der Waals surface area contributed by atoms with Gasteiger partial charge in [0.05, 0.1) is 5.57 Å². The lowest BCUT2D eigenvalue weighted by Gasteiger charge is -2.15. The molecule has 1 aliphatic carbocycles. The highest BCUT2D eigenvalue weighted by atomic mass is 19.1. The smallest absolute Gasteiger partial charge is 0.368 e. The molecule has 0 aromatic heterocycles. The maximum atomic E-state index is 13.1. The molecule has 2 aromatic carbocycles. The number of ether oxygens (including phenoxy) is 1. The van der Waals surface area contributed by atoms with E-state index < -0.39 is 5.97 Å². The Bertz CT molecular complexity index is 1000. The summed E-state index contributed by atoms with van der Waals surface area (Å²) in [4.78, 5) is 17.1. The number of allylic oxidation sites excluding steroid dienone is 4. The average Bonchev–Trinajstić information content (AvgIpc) is 3.09. The Hall–Kier alpha value is -3.47. The fourth-order valence-electron chi connectivity index (χ4n) is 3.07. The molecule has 0 N–H and O–H groups in total. The van der Waals surface area contributed by atoms with Gasteiger partial charge in [-0.1, -0.05) is 53.7 Å². The summed E-state index contributed by atoms with van der Waals surface area (Å²) in [6.07, 6.45) is 7.33. The lowest BCUT2D eigenvalue weighted by atomic mass is 9.96.